The first-order valence-electron chi connectivity index (χ1n) is 7.45. The van der Waals surface area contributed by atoms with Gasteiger partial charge in [0.15, 0.2) is 0 Å². The van der Waals surface area contributed by atoms with Crippen LogP contribution in [0.1, 0.15) is 38.8 Å². The molecule has 0 radical (unpaired) electrons. The van der Waals surface area contributed by atoms with Crippen LogP contribution in [0.5, 0.6) is 11.5 Å². The highest BCUT2D eigenvalue weighted by Gasteiger charge is 2.36. The molecule has 1 aliphatic rings. The third-order valence-electron chi connectivity index (χ3n) is 4.14. The van der Waals surface area contributed by atoms with Gasteiger partial charge in [-0.1, -0.05) is 26.0 Å². The number of rotatable bonds is 2. The SMILES string of the molecule is CC(=O)Oc1ccc2c(c1)C(C)(C)c1cc(OC(C)=O)ccc1-2. The second-order valence-corrected chi connectivity index (χ2v) is 6.23. The highest BCUT2D eigenvalue weighted by molar-refractivity contribution is 5.83. The molecule has 23 heavy (non-hydrogen) atoms. The van der Waals surface area contributed by atoms with E-state index in [0.29, 0.717) is 11.5 Å². The molecule has 2 aromatic carbocycles. The van der Waals surface area contributed by atoms with Crippen LogP contribution < -0.4 is 9.47 Å². The third-order valence-corrected chi connectivity index (χ3v) is 4.14. The zero-order valence-corrected chi connectivity index (χ0v) is 13.6. The molecule has 0 bridgehead atoms. The predicted molar refractivity (Wildman–Crippen MR) is 86.6 cm³/mol. The number of hydrogen-bond acceptors (Lipinski definition) is 4. The third kappa shape index (κ3) is 2.61. The Bertz CT molecular complexity index is 751. The molecule has 3 rings (SSSR count). The maximum Gasteiger partial charge on any atom is 0.308 e. The Morgan fingerprint density at radius 2 is 1.17 bits per heavy atom. The van der Waals surface area contributed by atoms with Crippen molar-refractivity contribution in [1.29, 1.82) is 0 Å². The Morgan fingerprint density at radius 3 is 1.52 bits per heavy atom. The maximum absolute atomic E-state index is 11.2. The van der Waals surface area contributed by atoms with Crippen LogP contribution in [0.15, 0.2) is 36.4 Å². The molecule has 118 valence electrons. The quantitative estimate of drug-likeness (QED) is 0.624. The highest BCUT2D eigenvalue weighted by atomic mass is 16.5. The summed E-state index contributed by atoms with van der Waals surface area (Å²) in [5.41, 5.74) is 4.12. The largest absolute Gasteiger partial charge is 0.427 e. The molecular formula is C19H18O4. The van der Waals surface area contributed by atoms with Crippen molar-refractivity contribution in [2.24, 2.45) is 0 Å². The number of carbonyl (C=O) groups excluding carboxylic acids is 2. The Labute approximate surface area is 135 Å². The summed E-state index contributed by atoms with van der Waals surface area (Å²) in [6.07, 6.45) is 0. The molecule has 0 amide bonds. The lowest BCUT2D eigenvalue weighted by atomic mass is 9.82. The van der Waals surface area contributed by atoms with E-state index in [1.807, 2.05) is 24.3 Å². The smallest absolute Gasteiger partial charge is 0.308 e. The van der Waals surface area contributed by atoms with Crippen LogP contribution in [0, 0.1) is 0 Å². The molecule has 1 aliphatic carbocycles. The van der Waals surface area contributed by atoms with Crippen LogP contribution in [-0.2, 0) is 15.0 Å². The Balaban J connectivity index is 2.09. The van der Waals surface area contributed by atoms with Crippen LogP contribution in [0.2, 0.25) is 0 Å². The fraction of sp³-hybridized carbons (Fsp3) is 0.263. The molecule has 4 nitrogen and oxygen atoms in total. The first-order chi connectivity index (χ1) is 10.8. The molecule has 0 aliphatic heterocycles. The molecule has 0 atom stereocenters. The van der Waals surface area contributed by atoms with Crippen LogP contribution in [0.4, 0.5) is 0 Å². The van der Waals surface area contributed by atoms with Crippen molar-refractivity contribution in [2.45, 2.75) is 33.1 Å². The van der Waals surface area contributed by atoms with E-state index in [9.17, 15) is 9.59 Å². The molecule has 0 spiro atoms. The standard InChI is InChI=1S/C19H18O4/c1-11(20)22-13-5-7-15-16-8-6-14(23-12(2)21)10-18(16)19(3,4)17(15)9-13/h5-10H,1-4H3. The van der Waals surface area contributed by atoms with E-state index in [2.05, 4.69) is 13.8 Å². The summed E-state index contributed by atoms with van der Waals surface area (Å²) in [6, 6.07) is 11.3. The summed E-state index contributed by atoms with van der Waals surface area (Å²) in [7, 11) is 0. The van der Waals surface area contributed by atoms with Gasteiger partial charge in [-0.2, -0.15) is 0 Å². The molecule has 0 unspecified atom stereocenters. The summed E-state index contributed by atoms with van der Waals surface area (Å²) in [5, 5.41) is 0. The van der Waals surface area contributed by atoms with E-state index in [0.717, 1.165) is 22.3 Å². The van der Waals surface area contributed by atoms with Gasteiger partial charge < -0.3 is 9.47 Å². The second kappa shape index (κ2) is 5.23. The van der Waals surface area contributed by atoms with Crippen molar-refractivity contribution in [1.82, 2.24) is 0 Å². The van der Waals surface area contributed by atoms with Crippen LogP contribution in [-0.4, -0.2) is 11.9 Å². The number of esters is 2. The highest BCUT2D eigenvalue weighted by Crippen LogP contribution is 2.50. The topological polar surface area (TPSA) is 52.6 Å². The van der Waals surface area contributed by atoms with Gasteiger partial charge in [0.25, 0.3) is 0 Å². The van der Waals surface area contributed by atoms with Crippen molar-refractivity contribution in [2.75, 3.05) is 0 Å². The average molecular weight is 310 g/mol. The van der Waals surface area contributed by atoms with Gasteiger partial charge in [0.2, 0.25) is 0 Å². The minimum absolute atomic E-state index is 0.267. The van der Waals surface area contributed by atoms with E-state index in [-0.39, 0.29) is 17.4 Å². The minimum atomic E-state index is -0.338. The molecular weight excluding hydrogens is 292 g/mol. The predicted octanol–water partition coefficient (Wildman–Crippen LogP) is 3.84. The van der Waals surface area contributed by atoms with Crippen molar-refractivity contribution >= 4 is 11.9 Å². The van der Waals surface area contributed by atoms with Gasteiger partial charge >= 0.3 is 11.9 Å². The first kappa shape index (κ1) is 15.3. The zero-order valence-electron chi connectivity index (χ0n) is 13.6. The Morgan fingerprint density at radius 1 is 0.783 bits per heavy atom. The van der Waals surface area contributed by atoms with E-state index in [1.54, 1.807) is 12.1 Å². The van der Waals surface area contributed by atoms with Gasteiger partial charge in [0.05, 0.1) is 0 Å². The van der Waals surface area contributed by atoms with Gasteiger partial charge in [-0.25, -0.2) is 0 Å². The number of hydrogen-bond donors (Lipinski definition) is 0. The lowest BCUT2D eigenvalue weighted by Gasteiger charge is -2.22. The second-order valence-electron chi connectivity index (χ2n) is 6.23. The van der Waals surface area contributed by atoms with Crippen molar-refractivity contribution in [3.63, 3.8) is 0 Å². The normalized spacial score (nSPS) is 13.9. The molecule has 0 fully saturated rings. The molecule has 2 aromatic rings. The van der Waals surface area contributed by atoms with Crippen molar-refractivity contribution in [3.8, 4) is 22.6 Å². The van der Waals surface area contributed by atoms with Crippen LogP contribution >= 0.6 is 0 Å². The summed E-state index contributed by atoms with van der Waals surface area (Å²) >= 11 is 0. The van der Waals surface area contributed by atoms with Crippen molar-refractivity contribution < 1.29 is 19.1 Å². The van der Waals surface area contributed by atoms with Crippen LogP contribution in [0.25, 0.3) is 11.1 Å². The summed E-state index contributed by atoms with van der Waals surface area (Å²) in [5.74, 6) is 0.403. The number of carbonyl (C=O) groups is 2. The Hall–Kier alpha value is -2.62. The van der Waals surface area contributed by atoms with E-state index in [4.69, 9.17) is 9.47 Å². The monoisotopic (exact) mass is 310 g/mol. The lowest BCUT2D eigenvalue weighted by Crippen LogP contribution is -2.15. The maximum atomic E-state index is 11.2. The van der Waals surface area contributed by atoms with Crippen molar-refractivity contribution in [3.05, 3.63) is 47.5 Å². The molecule has 0 N–H and O–H groups in total. The van der Waals surface area contributed by atoms with E-state index >= 15 is 0 Å². The van der Waals surface area contributed by atoms with Crippen LogP contribution in [0.3, 0.4) is 0 Å². The molecule has 0 heterocycles. The number of fused-ring (bicyclic) bond motifs is 3. The Kier molecular flexibility index (Phi) is 3.48. The fourth-order valence-corrected chi connectivity index (χ4v) is 3.15. The van der Waals surface area contributed by atoms with Gasteiger partial charge in [-0.15, -0.1) is 0 Å². The van der Waals surface area contributed by atoms with Gasteiger partial charge in [-0.05, 0) is 46.5 Å². The zero-order chi connectivity index (χ0) is 16.8. The van der Waals surface area contributed by atoms with Gasteiger partial charge in [-0.3, -0.25) is 9.59 Å². The lowest BCUT2D eigenvalue weighted by molar-refractivity contribution is -0.132. The summed E-state index contributed by atoms with van der Waals surface area (Å²) in [6.45, 7) is 6.98. The molecule has 0 saturated heterocycles. The molecule has 0 saturated carbocycles. The van der Waals surface area contributed by atoms with Gasteiger partial charge in [0, 0.05) is 19.3 Å². The summed E-state index contributed by atoms with van der Waals surface area (Å²) < 4.78 is 10.4. The van der Waals surface area contributed by atoms with Gasteiger partial charge in [0.1, 0.15) is 11.5 Å². The van der Waals surface area contributed by atoms with E-state index in [1.165, 1.54) is 13.8 Å². The number of benzene rings is 2. The first-order valence-corrected chi connectivity index (χ1v) is 7.45. The van der Waals surface area contributed by atoms with E-state index < -0.39 is 0 Å². The average Bonchev–Trinajstić information content (AvgIpc) is 2.66. The molecule has 4 heteroatoms. The minimum Gasteiger partial charge on any atom is -0.427 e. The number of ether oxygens (including phenoxy) is 2. The molecule has 0 aromatic heterocycles. The fourth-order valence-electron chi connectivity index (χ4n) is 3.15. The summed E-state index contributed by atoms with van der Waals surface area (Å²) in [4.78, 5) is 22.3.